The Hall–Kier alpha value is -4.24. The van der Waals surface area contributed by atoms with Crippen LogP contribution in [0.15, 0.2) is 66.7 Å². The molecule has 2 aromatic heterocycles. The summed E-state index contributed by atoms with van der Waals surface area (Å²) in [7, 11) is 0. The predicted octanol–water partition coefficient (Wildman–Crippen LogP) is 4.59. The van der Waals surface area contributed by atoms with Crippen LogP contribution >= 0.6 is 0 Å². The number of hydrogen-bond donors (Lipinski definition) is 1. The summed E-state index contributed by atoms with van der Waals surface area (Å²) < 4.78 is 9.70. The first-order valence-corrected chi connectivity index (χ1v) is 14.6. The molecule has 210 valence electrons. The summed E-state index contributed by atoms with van der Waals surface area (Å²) in [5.74, 6) is -0.320. The van der Waals surface area contributed by atoms with E-state index in [4.69, 9.17) is 4.74 Å². The second-order valence-corrected chi connectivity index (χ2v) is 11.1. The van der Waals surface area contributed by atoms with Crippen LogP contribution in [0.1, 0.15) is 44.2 Å². The fraction of sp³-hybridized carbons (Fsp3) is 0.375. The molecule has 2 aliphatic rings. The Morgan fingerprint density at radius 3 is 2.56 bits per heavy atom. The summed E-state index contributed by atoms with van der Waals surface area (Å²) in [5.41, 5.74) is 4.63. The highest BCUT2D eigenvalue weighted by Gasteiger charge is 2.42. The average Bonchev–Trinajstić information content (AvgIpc) is 3.40. The first kappa shape index (κ1) is 25.7. The Kier molecular flexibility index (Phi) is 6.66. The van der Waals surface area contributed by atoms with Crippen LogP contribution in [-0.2, 0) is 27.4 Å². The summed E-state index contributed by atoms with van der Waals surface area (Å²) in [6, 6.07) is 21.4. The SMILES string of the molecule is CCn1c2ccccc2c2cc([C@@H](C(=O)NC[C@@H]3CCCO3)N(C(=O)Cn3nnc4ccccc43)C3CC3)ccc21. The lowest BCUT2D eigenvalue weighted by Gasteiger charge is -2.32. The molecule has 1 aliphatic carbocycles. The van der Waals surface area contributed by atoms with E-state index in [-0.39, 0.29) is 30.5 Å². The monoisotopic (exact) mass is 550 g/mol. The Bertz CT molecular complexity index is 1750. The summed E-state index contributed by atoms with van der Waals surface area (Å²) >= 11 is 0. The van der Waals surface area contributed by atoms with Gasteiger partial charge in [-0.1, -0.05) is 41.6 Å². The third-order valence-electron chi connectivity index (χ3n) is 8.42. The molecule has 0 radical (unpaired) electrons. The maximum absolute atomic E-state index is 14.1. The minimum Gasteiger partial charge on any atom is -0.376 e. The highest BCUT2D eigenvalue weighted by molar-refractivity contribution is 6.08. The van der Waals surface area contributed by atoms with Crippen molar-refractivity contribution < 1.29 is 14.3 Å². The van der Waals surface area contributed by atoms with Gasteiger partial charge >= 0.3 is 0 Å². The van der Waals surface area contributed by atoms with Gasteiger partial charge in [0.05, 0.1) is 11.6 Å². The summed E-state index contributed by atoms with van der Waals surface area (Å²) in [6.07, 6.45) is 3.68. The Morgan fingerprint density at radius 2 is 1.78 bits per heavy atom. The van der Waals surface area contributed by atoms with E-state index in [0.717, 1.165) is 77.2 Å². The largest absolute Gasteiger partial charge is 0.376 e. The second kappa shape index (κ2) is 10.6. The maximum atomic E-state index is 14.1. The van der Waals surface area contributed by atoms with E-state index in [9.17, 15) is 9.59 Å². The molecule has 1 saturated heterocycles. The standard InChI is InChI=1S/C32H34N6O3/c1-2-36-27-11-5-3-9-24(27)25-18-21(13-16-28(25)36)31(32(40)33-19-23-8-7-17-41-23)38(22-14-15-22)30(39)20-37-29-12-6-4-10-26(29)34-35-37/h3-6,9-13,16,18,22-23,31H,2,7-8,14-15,17,19-20H2,1H3,(H,33,40)/t23-,31-/m0/s1. The van der Waals surface area contributed by atoms with Gasteiger partial charge in [-0.3, -0.25) is 9.59 Å². The number of nitrogens with one attached hydrogen (secondary N) is 1. The normalized spacial score (nSPS) is 17.8. The van der Waals surface area contributed by atoms with Crippen molar-refractivity contribution in [3.63, 3.8) is 0 Å². The van der Waals surface area contributed by atoms with Crippen molar-refractivity contribution in [1.29, 1.82) is 0 Å². The molecule has 0 unspecified atom stereocenters. The zero-order valence-corrected chi connectivity index (χ0v) is 23.2. The van der Waals surface area contributed by atoms with Crippen molar-refractivity contribution in [2.75, 3.05) is 13.2 Å². The molecular weight excluding hydrogens is 516 g/mol. The zero-order chi connectivity index (χ0) is 27.9. The minimum atomic E-state index is -0.765. The lowest BCUT2D eigenvalue weighted by Crippen LogP contribution is -2.47. The number of amides is 2. The van der Waals surface area contributed by atoms with Crippen LogP contribution in [-0.4, -0.2) is 61.6 Å². The Morgan fingerprint density at radius 1 is 1.00 bits per heavy atom. The quantitative estimate of drug-likeness (QED) is 0.290. The second-order valence-electron chi connectivity index (χ2n) is 11.1. The van der Waals surface area contributed by atoms with Crippen molar-refractivity contribution in [3.8, 4) is 0 Å². The van der Waals surface area contributed by atoms with Crippen LogP contribution in [0.4, 0.5) is 0 Å². The predicted molar refractivity (Wildman–Crippen MR) is 157 cm³/mol. The molecule has 2 atom stereocenters. The molecular formula is C32H34N6O3. The van der Waals surface area contributed by atoms with Gasteiger partial charge in [-0.25, -0.2) is 4.68 Å². The first-order chi connectivity index (χ1) is 20.1. The molecule has 9 nitrogen and oxygen atoms in total. The molecule has 41 heavy (non-hydrogen) atoms. The van der Waals surface area contributed by atoms with E-state index in [1.807, 2.05) is 36.4 Å². The number of benzene rings is 3. The van der Waals surface area contributed by atoms with Crippen molar-refractivity contribution in [2.24, 2.45) is 0 Å². The zero-order valence-electron chi connectivity index (χ0n) is 23.2. The van der Waals surface area contributed by atoms with Gasteiger partial charge in [0.15, 0.2) is 0 Å². The van der Waals surface area contributed by atoms with Crippen LogP contribution in [0.25, 0.3) is 32.8 Å². The van der Waals surface area contributed by atoms with E-state index >= 15 is 0 Å². The van der Waals surface area contributed by atoms with Crippen molar-refractivity contribution in [3.05, 3.63) is 72.3 Å². The van der Waals surface area contributed by atoms with E-state index in [2.05, 4.69) is 57.5 Å². The Balaban J connectivity index is 1.28. The van der Waals surface area contributed by atoms with Gasteiger partial charge in [0.2, 0.25) is 11.8 Å². The van der Waals surface area contributed by atoms with Gasteiger partial charge in [-0.15, -0.1) is 5.10 Å². The van der Waals surface area contributed by atoms with Gasteiger partial charge in [0.25, 0.3) is 0 Å². The molecule has 5 aromatic rings. The van der Waals surface area contributed by atoms with Crippen molar-refractivity contribution >= 4 is 44.7 Å². The van der Waals surface area contributed by atoms with Crippen molar-refractivity contribution in [1.82, 2.24) is 29.8 Å². The van der Waals surface area contributed by atoms with Crippen molar-refractivity contribution in [2.45, 2.75) is 63.9 Å². The van der Waals surface area contributed by atoms with Crippen LogP contribution in [0.5, 0.6) is 0 Å². The van der Waals surface area contributed by atoms with Gasteiger partial charge in [0, 0.05) is 47.5 Å². The minimum absolute atomic E-state index is 0.00319. The first-order valence-electron chi connectivity index (χ1n) is 14.6. The van der Waals surface area contributed by atoms with Gasteiger partial charge in [0.1, 0.15) is 18.1 Å². The Labute approximate surface area is 238 Å². The van der Waals surface area contributed by atoms with Gasteiger partial charge < -0.3 is 19.5 Å². The van der Waals surface area contributed by atoms with Gasteiger partial charge in [-0.05, 0) is 68.5 Å². The average molecular weight is 551 g/mol. The number of fused-ring (bicyclic) bond motifs is 4. The molecule has 2 amide bonds. The van der Waals surface area contributed by atoms with Crippen LogP contribution in [0.2, 0.25) is 0 Å². The summed E-state index contributed by atoms with van der Waals surface area (Å²) in [5, 5.41) is 13.8. The number of carbonyl (C=O) groups is 2. The molecule has 3 aromatic carbocycles. The number of carbonyl (C=O) groups excluding carboxylic acids is 2. The smallest absolute Gasteiger partial charge is 0.247 e. The lowest BCUT2D eigenvalue weighted by atomic mass is 10.0. The van der Waals surface area contributed by atoms with E-state index < -0.39 is 6.04 Å². The highest BCUT2D eigenvalue weighted by atomic mass is 16.5. The molecule has 9 heteroatoms. The fourth-order valence-electron chi connectivity index (χ4n) is 6.29. The summed E-state index contributed by atoms with van der Waals surface area (Å²) in [4.78, 5) is 29.9. The number of nitrogens with zero attached hydrogens (tertiary/aromatic N) is 5. The number of rotatable bonds is 9. The molecule has 2 fully saturated rings. The molecule has 1 saturated carbocycles. The number of aryl methyl sites for hydroxylation is 1. The van der Waals surface area contributed by atoms with Crippen LogP contribution in [0.3, 0.4) is 0 Å². The molecule has 1 N–H and O–H groups in total. The third-order valence-corrected chi connectivity index (χ3v) is 8.42. The molecule has 3 heterocycles. The molecule has 7 rings (SSSR count). The van der Waals surface area contributed by atoms with E-state index in [1.165, 1.54) is 0 Å². The summed E-state index contributed by atoms with van der Waals surface area (Å²) in [6.45, 7) is 4.16. The molecule has 0 bridgehead atoms. The van der Waals surface area contributed by atoms with Crippen LogP contribution < -0.4 is 5.32 Å². The third kappa shape index (κ3) is 4.74. The molecule has 0 spiro atoms. The number of para-hydroxylation sites is 2. The maximum Gasteiger partial charge on any atom is 0.247 e. The highest BCUT2D eigenvalue weighted by Crippen LogP contribution is 2.38. The van der Waals surface area contributed by atoms with E-state index in [1.54, 1.807) is 9.58 Å². The topological polar surface area (TPSA) is 94.3 Å². The lowest BCUT2D eigenvalue weighted by molar-refractivity contribution is -0.142. The van der Waals surface area contributed by atoms with E-state index in [0.29, 0.717) is 6.54 Å². The fourth-order valence-corrected chi connectivity index (χ4v) is 6.29. The molecule has 1 aliphatic heterocycles. The van der Waals surface area contributed by atoms with Crippen LogP contribution in [0, 0.1) is 0 Å². The van der Waals surface area contributed by atoms with Gasteiger partial charge in [-0.2, -0.15) is 0 Å². The number of ether oxygens (including phenoxy) is 1. The number of aromatic nitrogens is 4. The number of hydrogen-bond acceptors (Lipinski definition) is 5.